The Morgan fingerprint density at radius 3 is 2.53 bits per heavy atom. The number of benzene rings is 2. The second-order valence-corrected chi connectivity index (χ2v) is 13.2. The normalized spacial score (nSPS) is 23.4. The molecule has 16 heteroatoms. The van der Waals surface area contributed by atoms with Crippen LogP contribution in [0.3, 0.4) is 0 Å². The van der Waals surface area contributed by atoms with E-state index < -0.39 is 62.3 Å². The zero-order valence-corrected chi connectivity index (χ0v) is 25.8. The fourth-order valence-electron chi connectivity index (χ4n) is 5.58. The van der Waals surface area contributed by atoms with Crippen molar-refractivity contribution < 1.29 is 41.0 Å². The van der Waals surface area contributed by atoms with Crippen LogP contribution in [0.4, 0.5) is 18.9 Å². The smallest absolute Gasteiger partial charge is 0.417 e. The highest BCUT2D eigenvalue weighted by molar-refractivity contribution is 7.91. The number of aliphatic hydroxyl groups is 1. The summed E-state index contributed by atoms with van der Waals surface area (Å²) in [5, 5.41) is 30.0. The van der Waals surface area contributed by atoms with Crippen LogP contribution in [0.2, 0.25) is 0 Å². The number of alkyl halides is 3. The zero-order chi connectivity index (χ0) is 33.3. The highest BCUT2D eigenvalue weighted by Gasteiger charge is 2.48. The lowest BCUT2D eigenvalue weighted by Gasteiger charge is -2.37. The summed E-state index contributed by atoms with van der Waals surface area (Å²) in [6, 6.07) is 6.94. The summed E-state index contributed by atoms with van der Waals surface area (Å²) in [5.41, 5.74) is -1.33. The topological polar surface area (TPSA) is 173 Å². The largest absolute Gasteiger partial charge is 0.493 e. The van der Waals surface area contributed by atoms with Gasteiger partial charge in [-0.3, -0.25) is 14.9 Å². The van der Waals surface area contributed by atoms with E-state index >= 15 is 0 Å². The van der Waals surface area contributed by atoms with Gasteiger partial charge in [-0.05, 0) is 56.7 Å². The minimum absolute atomic E-state index is 0.0575. The highest BCUT2D eigenvalue weighted by Crippen LogP contribution is 2.35. The number of nitriles is 1. The number of carbonyl (C=O) groups excluding carboxylic acids is 2. The molecule has 0 spiro atoms. The van der Waals surface area contributed by atoms with Crippen molar-refractivity contribution in [3.63, 3.8) is 0 Å². The van der Waals surface area contributed by atoms with E-state index in [9.17, 15) is 36.3 Å². The molecule has 4 unspecified atom stereocenters. The molecule has 2 fully saturated rings. The third kappa shape index (κ3) is 7.23. The molecule has 4 rings (SSSR count). The first-order valence-electron chi connectivity index (χ1n) is 14.2. The number of sulfone groups is 1. The molecule has 2 aromatic carbocycles. The molecule has 0 saturated carbocycles. The van der Waals surface area contributed by atoms with Gasteiger partial charge in [0.2, 0.25) is 5.91 Å². The van der Waals surface area contributed by atoms with Crippen LogP contribution in [0, 0.1) is 11.3 Å². The number of likely N-dealkylation sites (N-methyl/N-ethyl adjacent to an activating group) is 1. The number of carbonyl (C=O) groups is 2. The maximum atomic E-state index is 13.5. The number of anilines is 1. The van der Waals surface area contributed by atoms with Gasteiger partial charge in [-0.15, -0.1) is 0 Å². The zero-order valence-electron chi connectivity index (χ0n) is 25.0. The standard InChI is InChI=1S/C29H35F3N6O6S/c1-5-7-21-23-24(38(4)37-21)26(39)36-25(35-23)19-13-18(10-11-22(19)44-6-2)45(42,43)15-28(3,41)27(40)34-17-9-8-16(14-33)20(12-17)29(30,31)32/h8-13,21,23-25,35,37,41H,5-7,15H2,1-4H3,(H,34,40)(H,36,39)/t21?,23?,24?,25?,28-/m0/s1. The van der Waals surface area contributed by atoms with Gasteiger partial charge in [-0.1, -0.05) is 13.3 Å². The Bertz CT molecular complexity index is 1610. The van der Waals surface area contributed by atoms with Crippen molar-refractivity contribution in [2.75, 3.05) is 24.7 Å². The van der Waals surface area contributed by atoms with Gasteiger partial charge in [0.05, 0.1) is 40.5 Å². The Hall–Kier alpha value is -3.75. The van der Waals surface area contributed by atoms with Gasteiger partial charge in [0.15, 0.2) is 15.4 Å². The molecule has 45 heavy (non-hydrogen) atoms. The number of hydrogen-bond acceptors (Lipinski definition) is 10. The fraction of sp³-hybridized carbons (Fsp3) is 0.483. The molecule has 0 aromatic heterocycles. The average Bonchev–Trinajstić information content (AvgIpc) is 3.27. The second kappa shape index (κ2) is 12.9. The van der Waals surface area contributed by atoms with E-state index in [1.807, 2.05) is 6.92 Å². The number of nitrogens with zero attached hydrogens (tertiary/aromatic N) is 2. The van der Waals surface area contributed by atoms with Crippen LogP contribution in [-0.4, -0.2) is 73.5 Å². The Balaban J connectivity index is 1.59. The Morgan fingerprint density at radius 2 is 1.91 bits per heavy atom. The number of hydrazine groups is 1. The molecule has 2 heterocycles. The van der Waals surface area contributed by atoms with E-state index in [1.165, 1.54) is 24.3 Å². The minimum atomic E-state index is -4.89. The number of halogens is 3. The van der Waals surface area contributed by atoms with Gasteiger partial charge < -0.3 is 20.5 Å². The van der Waals surface area contributed by atoms with Gasteiger partial charge in [-0.2, -0.15) is 18.4 Å². The van der Waals surface area contributed by atoms with E-state index in [-0.39, 0.29) is 29.5 Å². The first-order valence-corrected chi connectivity index (χ1v) is 15.9. The number of nitrogens with one attached hydrogen (secondary N) is 4. The molecule has 2 aliphatic rings. The van der Waals surface area contributed by atoms with Gasteiger partial charge in [0.1, 0.15) is 18.0 Å². The molecule has 2 aromatic rings. The fourth-order valence-corrected chi connectivity index (χ4v) is 7.20. The van der Waals surface area contributed by atoms with Gasteiger partial charge in [-0.25, -0.2) is 18.9 Å². The summed E-state index contributed by atoms with van der Waals surface area (Å²) in [7, 11) is -2.63. The van der Waals surface area contributed by atoms with Gasteiger partial charge in [0.25, 0.3) is 5.91 Å². The summed E-state index contributed by atoms with van der Waals surface area (Å²) < 4.78 is 72.8. The van der Waals surface area contributed by atoms with Crippen LogP contribution in [0.25, 0.3) is 0 Å². The highest BCUT2D eigenvalue weighted by atomic mass is 32.2. The minimum Gasteiger partial charge on any atom is -0.493 e. The SMILES string of the molecule is CCCC1NN(C)C2C(=O)NC(c3cc(S(=O)(=O)C[C@](C)(O)C(=O)Nc4ccc(C#N)c(C(F)(F)F)c4)ccc3OCC)NC12. The van der Waals surface area contributed by atoms with Crippen LogP contribution in [-0.2, 0) is 25.6 Å². The predicted octanol–water partition coefficient (Wildman–Crippen LogP) is 2.21. The van der Waals surface area contributed by atoms with Crippen molar-refractivity contribution in [1.82, 2.24) is 21.1 Å². The summed E-state index contributed by atoms with van der Waals surface area (Å²) in [6.07, 6.45) is -4.07. The van der Waals surface area contributed by atoms with E-state index in [1.54, 1.807) is 19.0 Å². The third-order valence-electron chi connectivity index (χ3n) is 7.69. The Labute approximate surface area is 258 Å². The van der Waals surface area contributed by atoms with Crippen LogP contribution >= 0.6 is 0 Å². The number of ether oxygens (including phenoxy) is 1. The molecular formula is C29H35F3N6O6S. The Kier molecular flexibility index (Phi) is 9.81. The Morgan fingerprint density at radius 1 is 1.20 bits per heavy atom. The molecule has 0 bridgehead atoms. The number of hydrogen-bond donors (Lipinski definition) is 5. The number of fused-ring (bicyclic) bond motifs is 1. The third-order valence-corrected chi connectivity index (χ3v) is 9.60. The molecule has 5 N–H and O–H groups in total. The summed E-state index contributed by atoms with van der Waals surface area (Å²) in [4.78, 5) is 25.8. The van der Waals surface area contributed by atoms with Crippen molar-refractivity contribution in [2.24, 2.45) is 0 Å². The van der Waals surface area contributed by atoms with Crippen molar-refractivity contribution >= 4 is 27.3 Å². The predicted molar refractivity (Wildman–Crippen MR) is 156 cm³/mol. The van der Waals surface area contributed by atoms with Crippen LogP contribution < -0.4 is 26.1 Å². The molecule has 12 nitrogen and oxygen atoms in total. The van der Waals surface area contributed by atoms with Gasteiger partial charge >= 0.3 is 6.18 Å². The second-order valence-electron chi connectivity index (χ2n) is 11.2. The van der Waals surface area contributed by atoms with Gasteiger partial charge in [0, 0.05) is 24.3 Å². The molecule has 2 aliphatic heterocycles. The first kappa shape index (κ1) is 34.1. The molecule has 0 radical (unpaired) electrons. The molecular weight excluding hydrogens is 617 g/mol. The molecule has 0 aliphatic carbocycles. The van der Waals surface area contributed by atoms with Crippen LogP contribution in [0.1, 0.15) is 56.5 Å². The maximum Gasteiger partial charge on any atom is 0.417 e. The van der Waals surface area contributed by atoms with E-state index in [2.05, 4.69) is 21.4 Å². The molecule has 244 valence electrons. The lowest BCUT2D eigenvalue weighted by Crippen LogP contribution is -2.62. The van der Waals surface area contributed by atoms with Crippen LogP contribution in [0.5, 0.6) is 5.75 Å². The molecule has 2 amide bonds. The first-order chi connectivity index (χ1) is 21.0. The summed E-state index contributed by atoms with van der Waals surface area (Å²) in [6.45, 7) is 4.93. The monoisotopic (exact) mass is 652 g/mol. The average molecular weight is 653 g/mol. The quantitative estimate of drug-likeness (QED) is 0.256. The van der Waals surface area contributed by atoms with Crippen molar-refractivity contribution in [1.29, 1.82) is 5.26 Å². The van der Waals surface area contributed by atoms with Crippen molar-refractivity contribution in [3.8, 4) is 11.8 Å². The summed E-state index contributed by atoms with van der Waals surface area (Å²) in [5.74, 6) is -2.36. The molecule has 5 atom stereocenters. The van der Waals surface area contributed by atoms with Crippen molar-refractivity contribution in [3.05, 3.63) is 53.1 Å². The summed E-state index contributed by atoms with van der Waals surface area (Å²) >= 11 is 0. The number of amides is 2. The molecule has 2 saturated heterocycles. The van der Waals surface area contributed by atoms with E-state index in [0.29, 0.717) is 17.4 Å². The van der Waals surface area contributed by atoms with Crippen LogP contribution in [0.15, 0.2) is 41.3 Å². The number of rotatable bonds is 10. The van der Waals surface area contributed by atoms with Crippen molar-refractivity contribution in [2.45, 2.75) is 74.6 Å². The lowest BCUT2D eigenvalue weighted by atomic mass is 9.94. The lowest BCUT2D eigenvalue weighted by molar-refractivity contribution is -0.138. The van der Waals surface area contributed by atoms with E-state index in [0.717, 1.165) is 31.9 Å². The maximum absolute atomic E-state index is 13.5. The van der Waals surface area contributed by atoms with E-state index in [4.69, 9.17) is 10.00 Å².